The molecule has 0 fully saturated rings. The van der Waals surface area contributed by atoms with Gasteiger partial charge in [-0.1, -0.05) is 22.0 Å². The molecule has 0 unspecified atom stereocenters. The molecule has 0 radical (unpaired) electrons. The number of hydrogen-bond donors (Lipinski definition) is 1. The van der Waals surface area contributed by atoms with Crippen LogP contribution in [0.25, 0.3) is 0 Å². The second-order valence-electron chi connectivity index (χ2n) is 4.19. The van der Waals surface area contributed by atoms with Crippen LogP contribution < -0.4 is 10.6 Å². The number of pyridine rings is 1. The summed E-state index contributed by atoms with van der Waals surface area (Å²) >= 11 is 3.54. The van der Waals surface area contributed by atoms with Gasteiger partial charge in [-0.15, -0.1) is 0 Å². The zero-order chi connectivity index (χ0) is 13.0. The monoisotopic (exact) mass is 305 g/mol. The van der Waals surface area contributed by atoms with Crippen molar-refractivity contribution in [1.29, 1.82) is 0 Å². The summed E-state index contributed by atoms with van der Waals surface area (Å²) in [6, 6.07) is 10.3. The van der Waals surface area contributed by atoms with Gasteiger partial charge in [0.15, 0.2) is 0 Å². The van der Waals surface area contributed by atoms with E-state index in [1.807, 2.05) is 24.5 Å². The first-order valence-electron chi connectivity index (χ1n) is 5.79. The molecular formula is C14H16BrN3. The van der Waals surface area contributed by atoms with Gasteiger partial charge in [-0.3, -0.25) is 4.98 Å². The third-order valence-electron chi connectivity index (χ3n) is 2.87. The van der Waals surface area contributed by atoms with E-state index in [-0.39, 0.29) is 0 Å². The number of rotatable bonds is 4. The summed E-state index contributed by atoms with van der Waals surface area (Å²) in [6.07, 6.45) is 3.63. The quantitative estimate of drug-likeness (QED) is 0.944. The fourth-order valence-corrected chi connectivity index (χ4v) is 2.32. The van der Waals surface area contributed by atoms with Crippen molar-refractivity contribution in [3.8, 4) is 0 Å². The third-order valence-corrected chi connectivity index (χ3v) is 3.60. The van der Waals surface area contributed by atoms with Crippen molar-refractivity contribution in [3.63, 3.8) is 0 Å². The summed E-state index contributed by atoms with van der Waals surface area (Å²) < 4.78 is 1.06. The molecule has 0 bridgehead atoms. The molecule has 0 amide bonds. The predicted octanol–water partition coefficient (Wildman–Crippen LogP) is 2.94. The van der Waals surface area contributed by atoms with Crippen LogP contribution in [0.2, 0.25) is 0 Å². The molecule has 18 heavy (non-hydrogen) atoms. The van der Waals surface area contributed by atoms with Gasteiger partial charge in [0.25, 0.3) is 0 Å². The van der Waals surface area contributed by atoms with Crippen LogP contribution in [0.4, 0.5) is 5.69 Å². The van der Waals surface area contributed by atoms with Crippen LogP contribution in [0, 0.1) is 0 Å². The summed E-state index contributed by atoms with van der Waals surface area (Å²) in [5.41, 5.74) is 9.18. The molecule has 94 valence electrons. The lowest BCUT2D eigenvalue weighted by molar-refractivity contribution is 0.917. The largest absolute Gasteiger partial charge is 0.370 e. The standard InChI is InChI=1S/C14H16BrN3/c1-18(10-11-4-6-17-7-5-11)13-3-2-12(9-16)14(15)8-13/h2-8H,9-10,16H2,1H3. The van der Waals surface area contributed by atoms with Gasteiger partial charge in [0.2, 0.25) is 0 Å². The summed E-state index contributed by atoms with van der Waals surface area (Å²) in [7, 11) is 2.07. The number of hydrogen-bond acceptors (Lipinski definition) is 3. The second-order valence-corrected chi connectivity index (χ2v) is 5.05. The average molecular weight is 306 g/mol. The van der Waals surface area contributed by atoms with Crippen molar-refractivity contribution in [1.82, 2.24) is 4.98 Å². The Bertz CT molecular complexity index is 514. The molecule has 1 heterocycles. The molecule has 0 aliphatic heterocycles. The van der Waals surface area contributed by atoms with Crippen molar-refractivity contribution in [3.05, 3.63) is 58.3 Å². The van der Waals surface area contributed by atoms with E-state index >= 15 is 0 Å². The highest BCUT2D eigenvalue weighted by molar-refractivity contribution is 9.10. The summed E-state index contributed by atoms with van der Waals surface area (Å²) in [5, 5.41) is 0. The molecule has 0 aliphatic carbocycles. The number of aromatic nitrogens is 1. The molecule has 2 aromatic rings. The van der Waals surface area contributed by atoms with Crippen LogP contribution in [0.15, 0.2) is 47.2 Å². The molecule has 4 heteroatoms. The maximum absolute atomic E-state index is 5.65. The van der Waals surface area contributed by atoms with E-state index in [0.717, 1.165) is 22.3 Å². The minimum atomic E-state index is 0.551. The van der Waals surface area contributed by atoms with Gasteiger partial charge in [-0.05, 0) is 35.4 Å². The second kappa shape index (κ2) is 5.98. The maximum atomic E-state index is 5.65. The SMILES string of the molecule is CN(Cc1ccncc1)c1ccc(CN)c(Br)c1. The van der Waals surface area contributed by atoms with E-state index in [1.165, 1.54) is 5.56 Å². The van der Waals surface area contributed by atoms with Crippen molar-refractivity contribution < 1.29 is 0 Å². The van der Waals surface area contributed by atoms with E-state index in [9.17, 15) is 0 Å². The summed E-state index contributed by atoms with van der Waals surface area (Å²) in [6.45, 7) is 1.41. The molecule has 2 N–H and O–H groups in total. The van der Waals surface area contributed by atoms with Gasteiger partial charge in [-0.25, -0.2) is 0 Å². The van der Waals surface area contributed by atoms with Crippen molar-refractivity contribution in [2.75, 3.05) is 11.9 Å². The van der Waals surface area contributed by atoms with E-state index in [1.54, 1.807) is 0 Å². The van der Waals surface area contributed by atoms with Crippen LogP contribution >= 0.6 is 15.9 Å². The van der Waals surface area contributed by atoms with Gasteiger partial charge in [-0.2, -0.15) is 0 Å². The molecule has 0 atom stereocenters. The zero-order valence-corrected chi connectivity index (χ0v) is 11.9. The molecule has 0 aliphatic rings. The molecule has 1 aromatic heterocycles. The number of nitrogens with zero attached hydrogens (tertiary/aromatic N) is 2. The van der Waals surface area contributed by atoms with E-state index in [4.69, 9.17) is 5.73 Å². The average Bonchev–Trinajstić information content (AvgIpc) is 2.39. The normalized spacial score (nSPS) is 10.4. The minimum Gasteiger partial charge on any atom is -0.370 e. The zero-order valence-electron chi connectivity index (χ0n) is 10.3. The topological polar surface area (TPSA) is 42.2 Å². The first kappa shape index (κ1) is 13.1. The van der Waals surface area contributed by atoms with Crippen molar-refractivity contribution in [2.24, 2.45) is 5.73 Å². The number of halogens is 1. The highest BCUT2D eigenvalue weighted by atomic mass is 79.9. The number of benzene rings is 1. The Kier molecular flexibility index (Phi) is 4.33. The highest BCUT2D eigenvalue weighted by Crippen LogP contribution is 2.24. The number of anilines is 1. The number of nitrogens with two attached hydrogens (primary N) is 1. The van der Waals surface area contributed by atoms with Crippen LogP contribution in [-0.4, -0.2) is 12.0 Å². The Hall–Kier alpha value is -1.39. The van der Waals surface area contributed by atoms with Crippen LogP contribution in [0.1, 0.15) is 11.1 Å². The van der Waals surface area contributed by atoms with Crippen LogP contribution in [0.3, 0.4) is 0 Å². The molecule has 2 rings (SSSR count). The van der Waals surface area contributed by atoms with Crippen LogP contribution in [0.5, 0.6) is 0 Å². The Labute approximate surface area is 116 Å². The Morgan fingerprint density at radius 3 is 2.56 bits per heavy atom. The molecule has 0 saturated heterocycles. The lowest BCUT2D eigenvalue weighted by atomic mass is 10.2. The fraction of sp³-hybridized carbons (Fsp3) is 0.214. The van der Waals surface area contributed by atoms with Crippen molar-refractivity contribution >= 4 is 21.6 Å². The lowest BCUT2D eigenvalue weighted by Crippen LogP contribution is -2.16. The molecule has 0 saturated carbocycles. The van der Waals surface area contributed by atoms with Gasteiger partial charge in [0.05, 0.1) is 0 Å². The smallest absolute Gasteiger partial charge is 0.0427 e. The van der Waals surface area contributed by atoms with Crippen LogP contribution in [-0.2, 0) is 13.1 Å². The van der Waals surface area contributed by atoms with Gasteiger partial charge >= 0.3 is 0 Å². The van der Waals surface area contributed by atoms with E-state index in [2.05, 4.69) is 51.1 Å². The summed E-state index contributed by atoms with van der Waals surface area (Å²) in [4.78, 5) is 6.22. The molecular weight excluding hydrogens is 290 g/mol. The first-order chi connectivity index (χ1) is 8.70. The molecule has 0 spiro atoms. The molecule has 3 nitrogen and oxygen atoms in total. The summed E-state index contributed by atoms with van der Waals surface area (Å²) in [5.74, 6) is 0. The maximum Gasteiger partial charge on any atom is 0.0427 e. The van der Waals surface area contributed by atoms with Gasteiger partial charge in [0, 0.05) is 42.7 Å². The van der Waals surface area contributed by atoms with E-state index in [0.29, 0.717) is 6.54 Å². The Balaban J connectivity index is 2.14. The van der Waals surface area contributed by atoms with Crippen molar-refractivity contribution in [2.45, 2.75) is 13.1 Å². The Morgan fingerprint density at radius 2 is 1.94 bits per heavy atom. The molecule has 1 aromatic carbocycles. The van der Waals surface area contributed by atoms with Gasteiger partial charge in [0.1, 0.15) is 0 Å². The minimum absolute atomic E-state index is 0.551. The lowest BCUT2D eigenvalue weighted by Gasteiger charge is -2.20. The van der Waals surface area contributed by atoms with Gasteiger partial charge < -0.3 is 10.6 Å². The fourth-order valence-electron chi connectivity index (χ4n) is 1.79. The Morgan fingerprint density at radius 1 is 1.22 bits per heavy atom. The van der Waals surface area contributed by atoms with E-state index < -0.39 is 0 Å². The third kappa shape index (κ3) is 3.09. The first-order valence-corrected chi connectivity index (χ1v) is 6.58. The predicted molar refractivity (Wildman–Crippen MR) is 78.4 cm³/mol. The highest BCUT2D eigenvalue weighted by Gasteiger charge is 2.05.